The highest BCUT2D eigenvalue weighted by Crippen LogP contribution is 2.42. The van der Waals surface area contributed by atoms with Crippen LogP contribution in [0.5, 0.6) is 0 Å². The molecule has 0 amide bonds. The maximum atomic E-state index is 10.0. The van der Waals surface area contributed by atoms with Gasteiger partial charge >= 0.3 is 0 Å². The molecule has 0 saturated carbocycles. The number of anilines is 3. The predicted octanol–water partition coefficient (Wildman–Crippen LogP) is 13.6. The quantitative estimate of drug-likeness (QED) is 0.155. The Balaban J connectivity index is 1.29. The van der Waals surface area contributed by atoms with Crippen LogP contribution in [0.15, 0.2) is 210 Å². The summed E-state index contributed by atoms with van der Waals surface area (Å²) in [6.45, 7) is 0. The second kappa shape index (κ2) is 14.3. The molecule has 8 aromatic carbocycles. The van der Waals surface area contributed by atoms with Crippen LogP contribution in [0.2, 0.25) is 0 Å². The van der Waals surface area contributed by atoms with Gasteiger partial charge < -0.3 is 9.32 Å². The maximum absolute atomic E-state index is 10.0. The van der Waals surface area contributed by atoms with Gasteiger partial charge in [-0.1, -0.05) is 151 Å². The first kappa shape index (κ1) is 18.1. The van der Waals surface area contributed by atoms with Crippen LogP contribution < -0.4 is 4.90 Å². The highest BCUT2D eigenvalue weighted by atomic mass is 16.3. The number of hydrogen-bond donors (Lipinski definition) is 0. The van der Waals surface area contributed by atoms with Crippen LogP contribution >= 0.6 is 0 Å². The van der Waals surface area contributed by atoms with E-state index in [9.17, 15) is 6.85 Å². The molecule has 5 heteroatoms. The number of hydrogen-bond acceptors (Lipinski definition) is 5. The summed E-state index contributed by atoms with van der Waals surface area (Å²) in [5.41, 5.74) is -3.16. The summed E-state index contributed by atoms with van der Waals surface area (Å²) in [6, 6.07) is 7.00. The van der Waals surface area contributed by atoms with Gasteiger partial charge in [0.2, 0.25) is 0 Å². The number of aromatic nitrogens is 3. The van der Waals surface area contributed by atoms with E-state index in [0.717, 1.165) is 0 Å². The van der Waals surface area contributed by atoms with Gasteiger partial charge in [-0.25, -0.2) is 15.0 Å². The van der Waals surface area contributed by atoms with Crippen molar-refractivity contribution in [1.82, 2.24) is 15.0 Å². The Morgan fingerprint density at radius 3 is 1.52 bits per heavy atom. The lowest BCUT2D eigenvalue weighted by Gasteiger charge is -2.26. The van der Waals surface area contributed by atoms with E-state index in [1.807, 2.05) is 60.7 Å². The van der Waals surface area contributed by atoms with Crippen molar-refractivity contribution in [3.63, 3.8) is 0 Å². The molecule has 0 saturated heterocycles. The molecular formula is C51H34N4O. The van der Waals surface area contributed by atoms with Crippen molar-refractivity contribution >= 4 is 39.0 Å². The molecule has 0 aliphatic carbocycles. The number of furan rings is 1. The van der Waals surface area contributed by atoms with Crippen LogP contribution in [0, 0.1) is 0 Å². The first-order valence-electron chi connectivity index (χ1n) is 27.1. The molecule has 0 N–H and O–H groups in total. The SMILES string of the molecule is [2H]c1c([2H])c([2H])c(N(c2c([2H])c([2H])c([2H])c([2H])c2[2H])c2c([2H])c([2H])c([2H])c(-c3c([2H])c(-c4ccc(-c5nc(-c6ccccc6)nc(-c6ccccc6)n5)cc4)c4c(oc5c([2H])c([2H])c([2H])c([2H])c54)c3[2H])c2[2H])c([2H])c1[2H]. The zero-order valence-corrected chi connectivity index (χ0v) is 28.8. The van der Waals surface area contributed by atoms with Crippen LogP contribution in [0.25, 0.3) is 78.4 Å². The molecule has 10 rings (SSSR count). The summed E-state index contributed by atoms with van der Waals surface area (Å²) in [6.07, 6.45) is 0. The van der Waals surface area contributed by atoms with E-state index < -0.39 is 160 Å². The smallest absolute Gasteiger partial charge is 0.164 e. The molecule has 0 bridgehead atoms. The van der Waals surface area contributed by atoms with Crippen LogP contribution in [-0.2, 0) is 0 Å². The third-order valence-electron chi connectivity index (χ3n) is 8.71. The van der Waals surface area contributed by atoms with Gasteiger partial charge in [0, 0.05) is 44.5 Å². The second-order valence-electron chi connectivity index (χ2n) is 12.1. The van der Waals surface area contributed by atoms with Gasteiger partial charge in [0.05, 0.1) is 27.4 Å². The van der Waals surface area contributed by atoms with Gasteiger partial charge in [0.25, 0.3) is 0 Å². The van der Waals surface area contributed by atoms with Crippen LogP contribution in [0.1, 0.15) is 27.4 Å². The molecule has 0 aliphatic rings. The maximum Gasteiger partial charge on any atom is 0.164 e. The number of benzene rings is 8. The summed E-state index contributed by atoms with van der Waals surface area (Å²) >= 11 is 0. The van der Waals surface area contributed by atoms with Crippen molar-refractivity contribution in [3.05, 3.63) is 206 Å². The highest BCUT2D eigenvalue weighted by molar-refractivity contribution is 6.13. The van der Waals surface area contributed by atoms with E-state index in [1.165, 1.54) is 0 Å². The fourth-order valence-corrected chi connectivity index (χ4v) is 6.16. The van der Waals surface area contributed by atoms with Gasteiger partial charge in [0.15, 0.2) is 17.5 Å². The lowest BCUT2D eigenvalue weighted by atomic mass is 9.93. The molecule has 0 spiro atoms. The first-order chi connectivity index (χ1) is 36.1. The third-order valence-corrected chi connectivity index (χ3v) is 8.71. The van der Waals surface area contributed by atoms with E-state index in [-0.39, 0.29) is 27.7 Å². The van der Waals surface area contributed by atoms with Gasteiger partial charge in [-0.2, -0.15) is 0 Å². The topological polar surface area (TPSA) is 55.1 Å². The van der Waals surface area contributed by atoms with E-state index in [0.29, 0.717) is 33.2 Å². The minimum atomic E-state index is -1.05. The number of para-hydroxylation sites is 3. The molecule has 0 aliphatic heterocycles. The van der Waals surface area contributed by atoms with Crippen molar-refractivity contribution in [1.29, 1.82) is 0 Å². The van der Waals surface area contributed by atoms with Gasteiger partial charge in [-0.15, -0.1) is 0 Å². The molecule has 2 heterocycles. The summed E-state index contributed by atoms with van der Waals surface area (Å²) in [5.74, 6) is 0.964. The fourth-order valence-electron chi connectivity index (χ4n) is 6.16. The lowest BCUT2D eigenvalue weighted by molar-refractivity contribution is 0.669. The third kappa shape index (κ3) is 6.27. The minimum Gasteiger partial charge on any atom is -0.456 e. The van der Waals surface area contributed by atoms with Gasteiger partial charge in [0.1, 0.15) is 11.2 Å². The standard InChI is InChI=1S/C51H34N4O/c1-5-16-36(17-6-1)49-52-50(37-18-7-2-8-19-37)54-51(53-49)38-30-28-35(29-31-38)45-33-40(34-47-48(45)44-26-13-14-27-46(44)56-47)39-20-15-25-43(32-39)55(41-21-9-3-10-22-41)42-23-11-4-12-24-42/h1-34H/i3D,4D,9D,10D,11D,12D,13D,14D,15D,20D,21D,22D,23D,24D,25D,26D,27D,32D,33D,34D. The summed E-state index contributed by atoms with van der Waals surface area (Å²) in [4.78, 5) is 14.8. The Labute approximate surface area is 353 Å². The minimum absolute atomic E-state index is 0.146. The van der Waals surface area contributed by atoms with Gasteiger partial charge in [-0.3, -0.25) is 0 Å². The van der Waals surface area contributed by atoms with Crippen molar-refractivity contribution < 1.29 is 31.8 Å². The first-order valence-corrected chi connectivity index (χ1v) is 17.1. The molecule has 5 nitrogen and oxygen atoms in total. The Kier molecular flexibility index (Phi) is 4.63. The zero-order chi connectivity index (χ0) is 54.7. The van der Waals surface area contributed by atoms with Crippen molar-refractivity contribution in [2.45, 2.75) is 0 Å². The molecule has 0 atom stereocenters. The van der Waals surface area contributed by atoms with E-state index in [2.05, 4.69) is 0 Å². The molecule has 2 aromatic heterocycles. The molecule has 10 aromatic rings. The number of rotatable bonds is 8. The Bertz CT molecular complexity index is 3930. The van der Waals surface area contributed by atoms with Crippen molar-refractivity contribution in [3.8, 4) is 56.4 Å². The zero-order valence-electron chi connectivity index (χ0n) is 48.8. The molecular weight excluding hydrogens is 685 g/mol. The lowest BCUT2D eigenvalue weighted by Crippen LogP contribution is -2.09. The van der Waals surface area contributed by atoms with E-state index >= 15 is 0 Å². The Morgan fingerprint density at radius 1 is 0.393 bits per heavy atom. The van der Waals surface area contributed by atoms with Gasteiger partial charge in [-0.05, 0) is 76.6 Å². The fraction of sp³-hybridized carbons (Fsp3) is 0. The van der Waals surface area contributed by atoms with Crippen LogP contribution in [0.4, 0.5) is 17.1 Å². The summed E-state index contributed by atoms with van der Waals surface area (Å²) in [5, 5.41) is -0.368. The average Bonchev–Trinajstić information content (AvgIpc) is 3.93. The Morgan fingerprint density at radius 2 is 0.911 bits per heavy atom. The molecule has 56 heavy (non-hydrogen) atoms. The Hall–Kier alpha value is -7.63. The van der Waals surface area contributed by atoms with Crippen molar-refractivity contribution in [2.24, 2.45) is 0 Å². The second-order valence-corrected chi connectivity index (χ2v) is 12.1. The summed E-state index contributed by atoms with van der Waals surface area (Å²) in [7, 11) is 0. The van der Waals surface area contributed by atoms with E-state index in [1.54, 1.807) is 24.3 Å². The van der Waals surface area contributed by atoms with Crippen LogP contribution in [0.3, 0.4) is 0 Å². The summed E-state index contributed by atoms with van der Waals surface area (Å²) < 4.78 is 185. The monoisotopic (exact) mass is 738 g/mol. The van der Waals surface area contributed by atoms with Crippen molar-refractivity contribution in [2.75, 3.05) is 4.90 Å². The van der Waals surface area contributed by atoms with E-state index in [4.69, 9.17) is 39.9 Å². The highest BCUT2D eigenvalue weighted by Gasteiger charge is 2.18. The number of fused-ring (bicyclic) bond motifs is 3. The largest absolute Gasteiger partial charge is 0.456 e. The van der Waals surface area contributed by atoms with Crippen LogP contribution in [-0.4, -0.2) is 15.0 Å². The number of nitrogens with zero attached hydrogens (tertiary/aromatic N) is 4. The molecule has 264 valence electrons. The molecule has 0 fully saturated rings. The normalized spacial score (nSPS) is 16.2. The molecule has 0 radical (unpaired) electrons. The predicted molar refractivity (Wildman–Crippen MR) is 229 cm³/mol. The average molecular weight is 739 g/mol. The molecule has 0 unspecified atom stereocenters.